The van der Waals surface area contributed by atoms with E-state index in [-0.39, 0.29) is 11.6 Å². The number of rotatable bonds is 5. The third kappa shape index (κ3) is 3.70. The zero-order valence-corrected chi connectivity index (χ0v) is 12.6. The smallest absolute Gasteiger partial charge is 0.214 e. The molecule has 0 aromatic heterocycles. The molecule has 20 heavy (non-hydrogen) atoms. The van der Waals surface area contributed by atoms with Gasteiger partial charge in [0.15, 0.2) is 0 Å². The Labute approximate surface area is 120 Å². The van der Waals surface area contributed by atoms with Crippen LogP contribution in [0.5, 0.6) is 0 Å². The minimum Gasteiger partial charge on any atom is -0.369 e. The van der Waals surface area contributed by atoms with Crippen molar-refractivity contribution in [1.82, 2.24) is 4.31 Å². The molecule has 6 heteroatoms. The first-order valence-electron chi connectivity index (χ1n) is 7.01. The lowest BCUT2D eigenvalue weighted by atomic mass is 10.2. The monoisotopic (exact) mass is 300 g/mol. The van der Waals surface area contributed by atoms with Crippen molar-refractivity contribution in [3.8, 4) is 0 Å². The third-order valence-electron chi connectivity index (χ3n) is 3.58. The van der Waals surface area contributed by atoms with Crippen LogP contribution in [0.15, 0.2) is 24.3 Å². The SMILES string of the molecule is CCCCS(=O)(=O)N1CCN(c2ccc(F)cc2)CC1. The maximum absolute atomic E-state index is 12.9. The first-order chi connectivity index (χ1) is 9.53. The highest BCUT2D eigenvalue weighted by Crippen LogP contribution is 2.18. The number of halogens is 1. The van der Waals surface area contributed by atoms with E-state index in [1.165, 1.54) is 12.1 Å². The normalized spacial score (nSPS) is 17.4. The Kier molecular flexibility index (Phi) is 4.99. The van der Waals surface area contributed by atoms with Crippen molar-refractivity contribution in [1.29, 1.82) is 0 Å². The number of hydrogen-bond acceptors (Lipinski definition) is 3. The summed E-state index contributed by atoms with van der Waals surface area (Å²) in [5.41, 5.74) is 0.942. The molecule has 0 bridgehead atoms. The maximum atomic E-state index is 12.9. The summed E-state index contributed by atoms with van der Waals surface area (Å²) in [6, 6.07) is 6.33. The minimum atomic E-state index is -3.11. The van der Waals surface area contributed by atoms with Crippen LogP contribution in [0.25, 0.3) is 0 Å². The first kappa shape index (κ1) is 15.3. The summed E-state index contributed by atoms with van der Waals surface area (Å²) >= 11 is 0. The van der Waals surface area contributed by atoms with Gasteiger partial charge in [0.05, 0.1) is 5.75 Å². The van der Waals surface area contributed by atoms with Crippen LogP contribution < -0.4 is 4.90 Å². The summed E-state index contributed by atoms with van der Waals surface area (Å²) in [7, 11) is -3.11. The Balaban J connectivity index is 1.93. The Morgan fingerprint density at radius 1 is 1.10 bits per heavy atom. The predicted octanol–water partition coefficient (Wildman–Crippen LogP) is 2.08. The molecule has 0 radical (unpaired) electrons. The number of piperazine rings is 1. The average molecular weight is 300 g/mol. The predicted molar refractivity (Wildman–Crippen MR) is 78.9 cm³/mol. The van der Waals surface area contributed by atoms with E-state index in [2.05, 4.69) is 4.90 Å². The van der Waals surface area contributed by atoms with Crippen LogP contribution >= 0.6 is 0 Å². The van der Waals surface area contributed by atoms with Crippen molar-refractivity contribution in [3.63, 3.8) is 0 Å². The summed E-state index contributed by atoms with van der Waals surface area (Å²) < 4.78 is 38.6. The van der Waals surface area contributed by atoms with Gasteiger partial charge < -0.3 is 4.90 Å². The molecule has 0 saturated carbocycles. The number of benzene rings is 1. The van der Waals surface area contributed by atoms with Gasteiger partial charge in [-0.15, -0.1) is 0 Å². The quantitative estimate of drug-likeness (QED) is 0.836. The highest BCUT2D eigenvalue weighted by molar-refractivity contribution is 7.89. The van der Waals surface area contributed by atoms with Crippen molar-refractivity contribution >= 4 is 15.7 Å². The van der Waals surface area contributed by atoms with E-state index in [0.29, 0.717) is 32.6 Å². The van der Waals surface area contributed by atoms with Gasteiger partial charge in [0.25, 0.3) is 0 Å². The topological polar surface area (TPSA) is 40.6 Å². The molecule has 1 aliphatic heterocycles. The molecule has 0 aliphatic carbocycles. The fourth-order valence-corrected chi connectivity index (χ4v) is 3.96. The van der Waals surface area contributed by atoms with Crippen molar-refractivity contribution in [2.24, 2.45) is 0 Å². The third-order valence-corrected chi connectivity index (χ3v) is 5.54. The van der Waals surface area contributed by atoms with E-state index in [0.717, 1.165) is 12.1 Å². The number of anilines is 1. The van der Waals surface area contributed by atoms with Gasteiger partial charge in [-0.2, -0.15) is 4.31 Å². The molecular formula is C14H21FN2O2S. The van der Waals surface area contributed by atoms with E-state index in [9.17, 15) is 12.8 Å². The highest BCUT2D eigenvalue weighted by atomic mass is 32.2. The van der Waals surface area contributed by atoms with Crippen molar-refractivity contribution < 1.29 is 12.8 Å². The van der Waals surface area contributed by atoms with E-state index in [1.807, 2.05) is 6.92 Å². The van der Waals surface area contributed by atoms with Crippen molar-refractivity contribution in [2.45, 2.75) is 19.8 Å². The molecule has 0 amide bonds. The van der Waals surface area contributed by atoms with E-state index in [1.54, 1.807) is 16.4 Å². The molecular weight excluding hydrogens is 279 g/mol. The van der Waals surface area contributed by atoms with Gasteiger partial charge in [0, 0.05) is 31.9 Å². The lowest BCUT2D eigenvalue weighted by Crippen LogP contribution is -2.49. The van der Waals surface area contributed by atoms with Crippen molar-refractivity contribution in [2.75, 3.05) is 36.8 Å². The molecule has 1 saturated heterocycles. The van der Waals surface area contributed by atoms with Gasteiger partial charge in [0.1, 0.15) is 5.82 Å². The lowest BCUT2D eigenvalue weighted by Gasteiger charge is -2.35. The van der Waals surface area contributed by atoms with Gasteiger partial charge >= 0.3 is 0 Å². The van der Waals surface area contributed by atoms with Crippen LogP contribution in [0.1, 0.15) is 19.8 Å². The first-order valence-corrected chi connectivity index (χ1v) is 8.62. The van der Waals surface area contributed by atoms with Crippen LogP contribution in [-0.2, 0) is 10.0 Å². The summed E-state index contributed by atoms with van der Waals surface area (Å²) in [5, 5.41) is 0. The van der Waals surface area contributed by atoms with Crippen LogP contribution in [-0.4, -0.2) is 44.7 Å². The molecule has 4 nitrogen and oxygen atoms in total. The van der Waals surface area contributed by atoms with Crippen LogP contribution in [0.3, 0.4) is 0 Å². The summed E-state index contributed by atoms with van der Waals surface area (Å²) in [6.45, 7) is 4.29. The molecule has 1 aromatic carbocycles. The van der Waals surface area contributed by atoms with Crippen LogP contribution in [0, 0.1) is 5.82 Å². The summed E-state index contributed by atoms with van der Waals surface area (Å²) in [4.78, 5) is 2.09. The molecule has 112 valence electrons. The maximum Gasteiger partial charge on any atom is 0.214 e. The molecule has 1 aliphatic rings. The minimum absolute atomic E-state index is 0.236. The van der Waals surface area contributed by atoms with Gasteiger partial charge in [-0.3, -0.25) is 0 Å². The van der Waals surface area contributed by atoms with E-state index < -0.39 is 10.0 Å². The Hall–Kier alpha value is -1.14. The van der Waals surface area contributed by atoms with Gasteiger partial charge in [-0.1, -0.05) is 13.3 Å². The zero-order valence-electron chi connectivity index (χ0n) is 11.8. The molecule has 0 atom stereocenters. The average Bonchev–Trinajstić information content (AvgIpc) is 2.46. The molecule has 2 rings (SSSR count). The second kappa shape index (κ2) is 6.54. The van der Waals surface area contributed by atoms with Crippen LogP contribution in [0.2, 0.25) is 0 Å². The Morgan fingerprint density at radius 3 is 2.25 bits per heavy atom. The van der Waals surface area contributed by atoms with Crippen LogP contribution in [0.4, 0.5) is 10.1 Å². The lowest BCUT2D eigenvalue weighted by molar-refractivity contribution is 0.384. The number of unbranched alkanes of at least 4 members (excludes halogenated alkanes) is 1. The molecule has 1 aromatic rings. The van der Waals surface area contributed by atoms with E-state index in [4.69, 9.17) is 0 Å². The molecule has 1 fully saturated rings. The fourth-order valence-electron chi connectivity index (χ4n) is 2.33. The number of sulfonamides is 1. The Morgan fingerprint density at radius 2 is 1.70 bits per heavy atom. The second-order valence-electron chi connectivity index (χ2n) is 5.03. The summed E-state index contributed by atoms with van der Waals surface area (Å²) in [5.74, 6) is -0.0189. The van der Waals surface area contributed by atoms with E-state index >= 15 is 0 Å². The van der Waals surface area contributed by atoms with Gasteiger partial charge in [-0.25, -0.2) is 12.8 Å². The highest BCUT2D eigenvalue weighted by Gasteiger charge is 2.26. The molecule has 0 spiro atoms. The van der Waals surface area contributed by atoms with Gasteiger partial charge in [0.2, 0.25) is 10.0 Å². The fraction of sp³-hybridized carbons (Fsp3) is 0.571. The number of hydrogen-bond donors (Lipinski definition) is 0. The zero-order chi connectivity index (χ0) is 14.6. The molecule has 1 heterocycles. The molecule has 0 N–H and O–H groups in total. The standard InChI is InChI=1S/C14H21FN2O2S/c1-2-3-12-20(18,19)17-10-8-16(9-11-17)14-6-4-13(15)5-7-14/h4-7H,2-3,8-12H2,1H3. The number of nitrogens with zero attached hydrogens (tertiary/aromatic N) is 2. The summed E-state index contributed by atoms with van der Waals surface area (Å²) in [6.07, 6.45) is 1.59. The Bertz CT molecular complexity index is 523. The molecule has 0 unspecified atom stereocenters. The second-order valence-corrected chi connectivity index (χ2v) is 7.12. The van der Waals surface area contributed by atoms with Gasteiger partial charge in [-0.05, 0) is 30.7 Å². The largest absolute Gasteiger partial charge is 0.369 e. The van der Waals surface area contributed by atoms with Crippen molar-refractivity contribution in [3.05, 3.63) is 30.1 Å².